The number of rotatable bonds is 1. The van der Waals surface area contributed by atoms with Gasteiger partial charge in [0, 0.05) is 9.61 Å². The van der Waals surface area contributed by atoms with Crippen LogP contribution in [0.1, 0.15) is 37.9 Å². The maximum Gasteiger partial charge on any atom is 0.0347 e. The first-order valence-corrected chi connectivity index (χ1v) is 5.92. The highest BCUT2D eigenvalue weighted by Crippen LogP contribution is 2.32. The highest BCUT2D eigenvalue weighted by atomic mass is 127. The predicted molar refractivity (Wildman–Crippen MR) is 70.3 cm³/mol. The maximum absolute atomic E-state index is 6.24. The Bertz CT molecular complexity index is 326. The Hall–Kier alpha value is -0.0900. The fourth-order valence-corrected chi connectivity index (χ4v) is 1.93. The van der Waals surface area contributed by atoms with E-state index >= 15 is 0 Å². The molecule has 0 heterocycles. The van der Waals surface area contributed by atoms with Gasteiger partial charge < -0.3 is 5.73 Å². The van der Waals surface area contributed by atoms with Crippen molar-refractivity contribution >= 4 is 22.6 Å². The Morgan fingerprint density at radius 2 is 1.86 bits per heavy atom. The first-order valence-electron chi connectivity index (χ1n) is 4.84. The third kappa shape index (κ3) is 2.70. The second kappa shape index (κ2) is 4.19. The minimum atomic E-state index is 0.109. The van der Waals surface area contributed by atoms with Gasteiger partial charge in [0.2, 0.25) is 0 Å². The molecule has 0 aliphatic carbocycles. The Labute approximate surface area is 100 Å². The van der Waals surface area contributed by atoms with Gasteiger partial charge in [0.25, 0.3) is 0 Å². The lowest BCUT2D eigenvalue weighted by atomic mass is 9.81. The molecule has 2 N–H and O–H groups in total. The zero-order chi connectivity index (χ0) is 10.9. The van der Waals surface area contributed by atoms with Gasteiger partial charge in [0.1, 0.15) is 0 Å². The van der Waals surface area contributed by atoms with Crippen molar-refractivity contribution in [1.82, 2.24) is 0 Å². The highest BCUT2D eigenvalue weighted by Gasteiger charge is 2.23. The topological polar surface area (TPSA) is 26.0 Å². The van der Waals surface area contributed by atoms with E-state index in [0.29, 0.717) is 0 Å². The second-order valence-corrected chi connectivity index (χ2v) is 6.09. The summed E-state index contributed by atoms with van der Waals surface area (Å²) < 4.78 is 1.25. The molecule has 2 heteroatoms. The monoisotopic (exact) mass is 303 g/mol. The summed E-state index contributed by atoms with van der Waals surface area (Å²) in [6, 6.07) is 6.56. The van der Waals surface area contributed by atoms with Crippen molar-refractivity contribution in [2.24, 2.45) is 11.1 Å². The van der Waals surface area contributed by atoms with Crippen LogP contribution in [0.3, 0.4) is 0 Å². The zero-order valence-corrected chi connectivity index (χ0v) is 11.4. The third-order valence-corrected chi connectivity index (χ3v) is 3.18. The molecule has 0 amide bonds. The Balaban J connectivity index is 3.12. The van der Waals surface area contributed by atoms with Crippen LogP contribution in [0.15, 0.2) is 18.2 Å². The van der Waals surface area contributed by atoms with E-state index in [9.17, 15) is 0 Å². The van der Waals surface area contributed by atoms with E-state index in [0.717, 1.165) is 0 Å². The summed E-state index contributed by atoms with van der Waals surface area (Å²) in [5.41, 5.74) is 8.91. The van der Waals surface area contributed by atoms with Crippen molar-refractivity contribution < 1.29 is 0 Å². The van der Waals surface area contributed by atoms with Gasteiger partial charge in [-0.2, -0.15) is 0 Å². The summed E-state index contributed by atoms with van der Waals surface area (Å²) >= 11 is 2.33. The van der Waals surface area contributed by atoms with E-state index in [2.05, 4.69) is 68.5 Å². The molecule has 0 spiro atoms. The highest BCUT2D eigenvalue weighted by molar-refractivity contribution is 14.1. The van der Waals surface area contributed by atoms with Crippen molar-refractivity contribution in [2.75, 3.05) is 0 Å². The SMILES string of the molecule is Cc1ccc(I)cc1C(N)C(C)(C)C. The Morgan fingerprint density at radius 1 is 1.29 bits per heavy atom. The van der Waals surface area contributed by atoms with Gasteiger partial charge in [-0.05, 0) is 58.2 Å². The van der Waals surface area contributed by atoms with Crippen LogP contribution in [0.5, 0.6) is 0 Å². The molecule has 0 aromatic heterocycles. The van der Waals surface area contributed by atoms with E-state index in [1.807, 2.05) is 0 Å². The molecule has 1 aromatic rings. The van der Waals surface area contributed by atoms with Crippen molar-refractivity contribution in [2.45, 2.75) is 33.7 Å². The molecule has 1 aromatic carbocycles. The average molecular weight is 303 g/mol. The summed E-state index contributed by atoms with van der Waals surface area (Å²) in [5.74, 6) is 0. The van der Waals surface area contributed by atoms with Crippen LogP contribution in [0.25, 0.3) is 0 Å². The zero-order valence-electron chi connectivity index (χ0n) is 9.26. The molecule has 0 radical (unpaired) electrons. The summed E-state index contributed by atoms with van der Waals surface area (Å²) in [6.45, 7) is 8.65. The van der Waals surface area contributed by atoms with Crippen LogP contribution in [0, 0.1) is 15.9 Å². The number of hydrogen-bond donors (Lipinski definition) is 1. The average Bonchev–Trinajstić information content (AvgIpc) is 2.06. The largest absolute Gasteiger partial charge is 0.324 e. The van der Waals surface area contributed by atoms with E-state index < -0.39 is 0 Å². The number of hydrogen-bond acceptors (Lipinski definition) is 1. The van der Waals surface area contributed by atoms with E-state index in [1.54, 1.807) is 0 Å². The van der Waals surface area contributed by atoms with Crippen LogP contribution in [0.2, 0.25) is 0 Å². The quantitative estimate of drug-likeness (QED) is 0.788. The molecule has 0 saturated carbocycles. The van der Waals surface area contributed by atoms with E-state index in [1.165, 1.54) is 14.7 Å². The van der Waals surface area contributed by atoms with Crippen molar-refractivity contribution in [3.63, 3.8) is 0 Å². The van der Waals surface area contributed by atoms with Crippen molar-refractivity contribution in [1.29, 1.82) is 0 Å². The molecule has 14 heavy (non-hydrogen) atoms. The number of aryl methyl sites for hydroxylation is 1. The lowest BCUT2D eigenvalue weighted by Crippen LogP contribution is -2.27. The normalized spacial score (nSPS) is 14.1. The molecule has 1 rings (SSSR count). The van der Waals surface area contributed by atoms with Crippen LogP contribution in [-0.4, -0.2) is 0 Å². The predicted octanol–water partition coefficient (Wildman–Crippen LogP) is 3.65. The summed E-state index contributed by atoms with van der Waals surface area (Å²) in [7, 11) is 0. The minimum absolute atomic E-state index is 0.109. The molecule has 0 fully saturated rings. The van der Waals surface area contributed by atoms with Gasteiger partial charge in [-0.1, -0.05) is 26.8 Å². The van der Waals surface area contributed by atoms with Crippen LogP contribution in [-0.2, 0) is 0 Å². The summed E-state index contributed by atoms with van der Waals surface area (Å²) in [6.07, 6.45) is 0. The Morgan fingerprint density at radius 3 is 2.36 bits per heavy atom. The molecule has 78 valence electrons. The molecule has 1 atom stereocenters. The molecule has 0 bridgehead atoms. The molecule has 1 unspecified atom stereocenters. The number of nitrogens with two attached hydrogens (primary N) is 1. The summed E-state index contributed by atoms with van der Waals surface area (Å²) in [5, 5.41) is 0. The van der Waals surface area contributed by atoms with Crippen LogP contribution < -0.4 is 5.73 Å². The maximum atomic E-state index is 6.24. The third-order valence-electron chi connectivity index (χ3n) is 2.51. The van der Waals surface area contributed by atoms with Gasteiger partial charge in [-0.25, -0.2) is 0 Å². The molecular formula is C12H18IN. The summed E-state index contributed by atoms with van der Waals surface area (Å²) in [4.78, 5) is 0. The fraction of sp³-hybridized carbons (Fsp3) is 0.500. The molecule has 0 aliphatic rings. The first-order chi connectivity index (χ1) is 6.32. The lowest BCUT2D eigenvalue weighted by molar-refractivity contribution is 0.326. The van der Waals surface area contributed by atoms with Gasteiger partial charge in [-0.3, -0.25) is 0 Å². The number of benzene rings is 1. The Kier molecular flexibility index (Phi) is 3.58. The smallest absolute Gasteiger partial charge is 0.0347 e. The molecule has 1 nitrogen and oxygen atoms in total. The standard InChI is InChI=1S/C12H18IN/c1-8-5-6-9(13)7-10(8)11(14)12(2,3)4/h5-7,11H,14H2,1-4H3. The fourth-order valence-electron chi connectivity index (χ4n) is 1.41. The van der Waals surface area contributed by atoms with Crippen molar-refractivity contribution in [3.8, 4) is 0 Å². The van der Waals surface area contributed by atoms with Gasteiger partial charge in [0.05, 0.1) is 0 Å². The molecule has 0 saturated heterocycles. The number of halogens is 1. The molecular weight excluding hydrogens is 285 g/mol. The van der Waals surface area contributed by atoms with Gasteiger partial charge >= 0.3 is 0 Å². The van der Waals surface area contributed by atoms with E-state index in [4.69, 9.17) is 5.73 Å². The van der Waals surface area contributed by atoms with Gasteiger partial charge in [-0.15, -0.1) is 0 Å². The van der Waals surface area contributed by atoms with Crippen molar-refractivity contribution in [3.05, 3.63) is 32.9 Å². The van der Waals surface area contributed by atoms with Gasteiger partial charge in [0.15, 0.2) is 0 Å². The van der Waals surface area contributed by atoms with Crippen LogP contribution >= 0.6 is 22.6 Å². The molecule has 0 aliphatic heterocycles. The second-order valence-electron chi connectivity index (χ2n) is 4.84. The first kappa shape index (κ1) is 12.0. The minimum Gasteiger partial charge on any atom is -0.324 e. The lowest BCUT2D eigenvalue weighted by Gasteiger charge is -2.28. The van der Waals surface area contributed by atoms with E-state index in [-0.39, 0.29) is 11.5 Å². The van der Waals surface area contributed by atoms with Crippen LogP contribution in [0.4, 0.5) is 0 Å².